The van der Waals surface area contributed by atoms with Crippen molar-refractivity contribution in [3.63, 3.8) is 0 Å². The number of ether oxygens (including phenoxy) is 1. The highest BCUT2D eigenvalue weighted by Crippen LogP contribution is 2.15. The van der Waals surface area contributed by atoms with Crippen LogP contribution in [0.1, 0.15) is 20.8 Å². The molecular weight excluding hydrogens is 192 g/mol. The number of nitrogens with two attached hydrogens (primary N) is 1. The van der Waals surface area contributed by atoms with E-state index in [0.29, 0.717) is 5.57 Å². The van der Waals surface area contributed by atoms with E-state index in [1.165, 1.54) is 0 Å². The van der Waals surface area contributed by atoms with E-state index in [9.17, 15) is 4.79 Å². The molecule has 2 N–H and O–H groups in total. The van der Waals surface area contributed by atoms with Crippen molar-refractivity contribution in [2.24, 2.45) is 5.73 Å². The molecule has 1 saturated heterocycles. The zero-order valence-electron chi connectivity index (χ0n) is 9.75. The fourth-order valence-electron chi connectivity index (χ4n) is 1.75. The largest absolute Gasteiger partial charge is 0.379 e. The first-order chi connectivity index (χ1) is 7.04. The van der Waals surface area contributed by atoms with E-state index in [1.807, 2.05) is 6.92 Å². The van der Waals surface area contributed by atoms with Crippen LogP contribution in [0, 0.1) is 0 Å². The number of carbonyl (C=O) groups is 1. The van der Waals surface area contributed by atoms with Gasteiger partial charge in [0.2, 0.25) is 5.91 Å². The van der Waals surface area contributed by atoms with Gasteiger partial charge in [0.05, 0.1) is 13.2 Å². The van der Waals surface area contributed by atoms with E-state index >= 15 is 0 Å². The van der Waals surface area contributed by atoms with Crippen molar-refractivity contribution in [3.05, 3.63) is 11.1 Å². The second-order valence-electron chi connectivity index (χ2n) is 4.00. The molecule has 0 radical (unpaired) electrons. The van der Waals surface area contributed by atoms with E-state index in [1.54, 1.807) is 6.92 Å². The van der Waals surface area contributed by atoms with Crippen molar-refractivity contribution < 1.29 is 9.53 Å². The lowest BCUT2D eigenvalue weighted by molar-refractivity contribution is -0.114. The van der Waals surface area contributed by atoms with Gasteiger partial charge < -0.3 is 10.5 Å². The van der Waals surface area contributed by atoms with Crippen LogP contribution < -0.4 is 5.73 Å². The Balaban J connectivity index is 2.69. The fourth-order valence-corrected chi connectivity index (χ4v) is 1.75. The normalized spacial score (nSPS) is 22.1. The number of amides is 1. The van der Waals surface area contributed by atoms with Crippen LogP contribution in [-0.2, 0) is 9.53 Å². The minimum atomic E-state index is -0.326. The summed E-state index contributed by atoms with van der Waals surface area (Å²) in [6, 6.07) is 0.265. The first kappa shape index (κ1) is 12.2. The molecule has 4 heteroatoms. The van der Waals surface area contributed by atoms with Gasteiger partial charge in [-0.3, -0.25) is 9.69 Å². The lowest BCUT2D eigenvalue weighted by Crippen LogP contribution is -2.43. The van der Waals surface area contributed by atoms with Crippen LogP contribution in [-0.4, -0.2) is 43.2 Å². The number of morpholine rings is 1. The van der Waals surface area contributed by atoms with Crippen molar-refractivity contribution >= 4 is 5.91 Å². The summed E-state index contributed by atoms with van der Waals surface area (Å²) in [4.78, 5) is 13.4. The number of nitrogens with zero attached hydrogens (tertiary/aromatic N) is 1. The molecule has 1 rings (SSSR count). The van der Waals surface area contributed by atoms with Gasteiger partial charge in [-0.25, -0.2) is 0 Å². The minimum Gasteiger partial charge on any atom is -0.379 e. The van der Waals surface area contributed by atoms with Crippen molar-refractivity contribution in [2.45, 2.75) is 26.8 Å². The molecule has 86 valence electrons. The Labute approximate surface area is 91.1 Å². The maximum atomic E-state index is 11.0. The number of rotatable bonds is 3. The molecule has 1 amide bonds. The molecule has 1 aliphatic heterocycles. The molecule has 0 aromatic heterocycles. The molecule has 1 atom stereocenters. The molecular formula is C11H20N2O2. The Hall–Kier alpha value is -0.870. The van der Waals surface area contributed by atoms with Gasteiger partial charge >= 0.3 is 0 Å². The maximum Gasteiger partial charge on any atom is 0.244 e. The SMILES string of the molecule is C/C(C(N)=O)=C(/C)C(C)N1CCOCC1. The monoisotopic (exact) mass is 212 g/mol. The van der Waals surface area contributed by atoms with Crippen LogP contribution in [0.25, 0.3) is 0 Å². The van der Waals surface area contributed by atoms with Crippen molar-refractivity contribution in [3.8, 4) is 0 Å². The summed E-state index contributed by atoms with van der Waals surface area (Å²) in [5.74, 6) is -0.326. The second-order valence-corrected chi connectivity index (χ2v) is 4.00. The van der Waals surface area contributed by atoms with Gasteiger partial charge in [0.1, 0.15) is 0 Å². The molecule has 1 unspecified atom stereocenters. The van der Waals surface area contributed by atoms with Gasteiger partial charge in [-0.1, -0.05) is 0 Å². The standard InChI is InChI=1S/C11H20N2O2/c1-8(9(2)11(12)14)10(3)13-4-6-15-7-5-13/h10H,4-7H2,1-3H3,(H2,12,14)/b9-8+. The summed E-state index contributed by atoms with van der Waals surface area (Å²) in [5.41, 5.74) is 7.00. The Kier molecular flexibility index (Phi) is 4.29. The average Bonchev–Trinajstić information content (AvgIpc) is 2.27. The van der Waals surface area contributed by atoms with Crippen LogP contribution in [0.3, 0.4) is 0 Å². The summed E-state index contributed by atoms with van der Waals surface area (Å²) >= 11 is 0. The quantitative estimate of drug-likeness (QED) is 0.694. The molecule has 0 bridgehead atoms. The molecule has 0 saturated carbocycles. The van der Waals surface area contributed by atoms with Crippen LogP contribution in [0.15, 0.2) is 11.1 Å². The lowest BCUT2D eigenvalue weighted by atomic mass is 10.0. The Morgan fingerprint density at radius 2 is 1.87 bits per heavy atom. The Morgan fingerprint density at radius 3 is 2.33 bits per heavy atom. The summed E-state index contributed by atoms with van der Waals surface area (Å²) in [6.07, 6.45) is 0. The second kappa shape index (κ2) is 5.28. The summed E-state index contributed by atoms with van der Waals surface area (Å²) < 4.78 is 5.29. The smallest absolute Gasteiger partial charge is 0.244 e. The first-order valence-electron chi connectivity index (χ1n) is 5.33. The van der Waals surface area contributed by atoms with Crippen LogP contribution in [0.4, 0.5) is 0 Å². The highest BCUT2D eigenvalue weighted by atomic mass is 16.5. The molecule has 1 aliphatic rings. The number of carbonyl (C=O) groups excluding carboxylic acids is 1. The van der Waals surface area contributed by atoms with Crippen LogP contribution in [0.5, 0.6) is 0 Å². The number of hydrogen-bond acceptors (Lipinski definition) is 3. The highest BCUT2D eigenvalue weighted by Gasteiger charge is 2.20. The third kappa shape index (κ3) is 3.04. The van der Waals surface area contributed by atoms with Gasteiger partial charge in [-0.2, -0.15) is 0 Å². The average molecular weight is 212 g/mol. The van der Waals surface area contributed by atoms with E-state index in [4.69, 9.17) is 10.5 Å². The van der Waals surface area contributed by atoms with Gasteiger partial charge in [0, 0.05) is 24.7 Å². The van der Waals surface area contributed by atoms with Gasteiger partial charge in [0.15, 0.2) is 0 Å². The predicted octanol–water partition coefficient (Wildman–Crippen LogP) is 0.529. The molecule has 0 aromatic carbocycles. The topological polar surface area (TPSA) is 55.6 Å². The molecule has 1 fully saturated rings. The van der Waals surface area contributed by atoms with Gasteiger partial charge in [0.25, 0.3) is 0 Å². The minimum absolute atomic E-state index is 0.265. The van der Waals surface area contributed by atoms with E-state index in [0.717, 1.165) is 31.9 Å². The third-order valence-electron chi connectivity index (χ3n) is 3.18. The Morgan fingerprint density at radius 1 is 1.33 bits per heavy atom. The Bertz CT molecular complexity index is 268. The summed E-state index contributed by atoms with van der Waals surface area (Å²) in [6.45, 7) is 9.25. The van der Waals surface area contributed by atoms with E-state index < -0.39 is 0 Å². The van der Waals surface area contributed by atoms with Crippen LogP contribution in [0.2, 0.25) is 0 Å². The molecule has 4 nitrogen and oxygen atoms in total. The first-order valence-corrected chi connectivity index (χ1v) is 5.33. The number of hydrogen-bond donors (Lipinski definition) is 1. The molecule has 0 spiro atoms. The van der Waals surface area contributed by atoms with E-state index in [-0.39, 0.29) is 11.9 Å². The van der Waals surface area contributed by atoms with Crippen LogP contribution >= 0.6 is 0 Å². The van der Waals surface area contributed by atoms with E-state index in [2.05, 4.69) is 11.8 Å². The third-order valence-corrected chi connectivity index (χ3v) is 3.18. The maximum absolute atomic E-state index is 11.0. The predicted molar refractivity (Wildman–Crippen MR) is 59.4 cm³/mol. The van der Waals surface area contributed by atoms with Gasteiger partial charge in [-0.05, 0) is 26.3 Å². The van der Waals surface area contributed by atoms with Crippen molar-refractivity contribution in [1.82, 2.24) is 4.90 Å². The highest BCUT2D eigenvalue weighted by molar-refractivity contribution is 5.92. The van der Waals surface area contributed by atoms with Crippen molar-refractivity contribution in [1.29, 1.82) is 0 Å². The molecule has 1 heterocycles. The lowest BCUT2D eigenvalue weighted by Gasteiger charge is -2.33. The zero-order chi connectivity index (χ0) is 11.4. The zero-order valence-corrected chi connectivity index (χ0v) is 9.75. The van der Waals surface area contributed by atoms with Crippen molar-refractivity contribution in [2.75, 3.05) is 26.3 Å². The molecule has 15 heavy (non-hydrogen) atoms. The summed E-state index contributed by atoms with van der Waals surface area (Å²) in [7, 11) is 0. The number of primary amides is 1. The fraction of sp³-hybridized carbons (Fsp3) is 0.727. The van der Waals surface area contributed by atoms with Gasteiger partial charge in [-0.15, -0.1) is 0 Å². The molecule has 0 aromatic rings. The summed E-state index contributed by atoms with van der Waals surface area (Å²) in [5, 5.41) is 0. The molecule has 0 aliphatic carbocycles.